The summed E-state index contributed by atoms with van der Waals surface area (Å²) >= 11 is 0. The molecule has 0 bridgehead atoms. The van der Waals surface area contributed by atoms with Crippen LogP contribution in [-0.2, 0) is 4.79 Å². The Morgan fingerprint density at radius 1 is 1.13 bits per heavy atom. The molecule has 0 amide bonds. The van der Waals surface area contributed by atoms with Crippen LogP contribution in [0.2, 0.25) is 0 Å². The zero-order valence-corrected chi connectivity index (χ0v) is 13.2. The molecule has 0 aliphatic carbocycles. The van der Waals surface area contributed by atoms with Gasteiger partial charge in [-0.2, -0.15) is 0 Å². The average molecular weight is 312 g/mol. The Hall–Kier alpha value is -2.69. The molecule has 0 fully saturated rings. The molecule has 2 aromatic carbocycles. The number of nitrogens with one attached hydrogen (secondary N) is 1. The summed E-state index contributed by atoms with van der Waals surface area (Å²) in [6, 6.07) is 15.7. The smallest absolute Gasteiger partial charge is 0.269 e. The summed E-state index contributed by atoms with van der Waals surface area (Å²) in [5.74, 6) is -0.0848. The third kappa shape index (κ3) is 4.16. The standard InChI is InChI=1S/C18H20N2O3/c1-3-17(21)13(2)18(19-15-7-5-4-6-8-15)14-9-11-16(12-10-14)20(22)23/h4-13,18-19H,3H2,1-2H3/t13-,18-/m0/s1. The summed E-state index contributed by atoms with van der Waals surface area (Å²) in [6.45, 7) is 3.72. The predicted molar refractivity (Wildman–Crippen MR) is 90.4 cm³/mol. The minimum absolute atomic E-state index is 0.0432. The summed E-state index contributed by atoms with van der Waals surface area (Å²) in [5, 5.41) is 14.2. The lowest BCUT2D eigenvalue weighted by Gasteiger charge is -2.25. The predicted octanol–water partition coefficient (Wildman–Crippen LogP) is 4.36. The van der Waals surface area contributed by atoms with Gasteiger partial charge in [0.25, 0.3) is 5.69 Å². The van der Waals surface area contributed by atoms with E-state index in [2.05, 4.69) is 5.32 Å². The molecule has 5 heteroatoms. The van der Waals surface area contributed by atoms with Crippen molar-refractivity contribution >= 4 is 17.2 Å². The van der Waals surface area contributed by atoms with Crippen LogP contribution in [-0.4, -0.2) is 10.7 Å². The average Bonchev–Trinajstić information content (AvgIpc) is 2.59. The van der Waals surface area contributed by atoms with Crippen molar-refractivity contribution < 1.29 is 9.72 Å². The van der Waals surface area contributed by atoms with E-state index < -0.39 is 4.92 Å². The molecule has 0 aromatic heterocycles. The van der Waals surface area contributed by atoms with Gasteiger partial charge < -0.3 is 5.32 Å². The number of nitro groups is 1. The lowest BCUT2D eigenvalue weighted by Crippen LogP contribution is -2.25. The SMILES string of the molecule is CCC(=O)[C@H](C)[C@H](Nc1ccccc1)c1ccc([N+](=O)[O-])cc1. The van der Waals surface area contributed by atoms with Gasteiger partial charge in [-0.1, -0.05) is 44.2 Å². The van der Waals surface area contributed by atoms with Gasteiger partial charge in [0.2, 0.25) is 0 Å². The first-order valence-electron chi connectivity index (χ1n) is 7.61. The summed E-state index contributed by atoms with van der Waals surface area (Å²) < 4.78 is 0. The van der Waals surface area contributed by atoms with Crippen LogP contribution < -0.4 is 5.32 Å². The second kappa shape index (κ2) is 7.54. The van der Waals surface area contributed by atoms with Crippen molar-refractivity contribution in [2.75, 3.05) is 5.32 Å². The largest absolute Gasteiger partial charge is 0.378 e. The number of para-hydroxylation sites is 1. The summed E-state index contributed by atoms with van der Waals surface area (Å²) in [4.78, 5) is 22.5. The number of hydrogen-bond acceptors (Lipinski definition) is 4. The molecular weight excluding hydrogens is 292 g/mol. The highest BCUT2D eigenvalue weighted by atomic mass is 16.6. The lowest BCUT2D eigenvalue weighted by atomic mass is 9.89. The van der Waals surface area contributed by atoms with Gasteiger partial charge in [0.15, 0.2) is 0 Å². The van der Waals surface area contributed by atoms with E-state index in [9.17, 15) is 14.9 Å². The van der Waals surface area contributed by atoms with E-state index in [-0.39, 0.29) is 23.4 Å². The minimum atomic E-state index is -0.427. The van der Waals surface area contributed by atoms with Gasteiger partial charge in [-0.25, -0.2) is 0 Å². The topological polar surface area (TPSA) is 72.2 Å². The number of carbonyl (C=O) groups is 1. The van der Waals surface area contributed by atoms with Gasteiger partial charge in [0, 0.05) is 30.2 Å². The Kier molecular flexibility index (Phi) is 5.46. The zero-order chi connectivity index (χ0) is 16.8. The van der Waals surface area contributed by atoms with E-state index in [0.717, 1.165) is 11.3 Å². The molecule has 0 heterocycles. The Bertz CT molecular complexity index is 668. The maximum Gasteiger partial charge on any atom is 0.269 e. The van der Waals surface area contributed by atoms with Gasteiger partial charge in [-0.05, 0) is 17.7 Å². The third-order valence-electron chi connectivity index (χ3n) is 3.92. The van der Waals surface area contributed by atoms with Gasteiger partial charge in [0.05, 0.1) is 11.0 Å². The van der Waals surface area contributed by atoms with E-state index in [1.165, 1.54) is 12.1 Å². The van der Waals surface area contributed by atoms with Crippen LogP contribution in [0, 0.1) is 16.0 Å². The number of anilines is 1. The van der Waals surface area contributed by atoms with E-state index in [4.69, 9.17) is 0 Å². The molecule has 0 aliphatic heterocycles. The fourth-order valence-electron chi connectivity index (χ4n) is 2.52. The second-order valence-electron chi connectivity index (χ2n) is 5.45. The third-order valence-corrected chi connectivity index (χ3v) is 3.92. The van der Waals surface area contributed by atoms with Gasteiger partial charge in [-0.3, -0.25) is 14.9 Å². The molecule has 0 aliphatic rings. The Balaban J connectivity index is 2.32. The highest BCUT2D eigenvalue weighted by Crippen LogP contribution is 2.29. The number of nitrogens with zero attached hydrogens (tertiary/aromatic N) is 1. The molecule has 5 nitrogen and oxygen atoms in total. The Morgan fingerprint density at radius 3 is 2.26 bits per heavy atom. The van der Waals surface area contributed by atoms with Crippen LogP contribution in [0.25, 0.3) is 0 Å². The number of hydrogen-bond donors (Lipinski definition) is 1. The van der Waals surface area contributed by atoms with Crippen molar-refractivity contribution in [1.82, 2.24) is 0 Å². The molecule has 2 aromatic rings. The Morgan fingerprint density at radius 2 is 1.74 bits per heavy atom. The molecule has 2 atom stereocenters. The lowest BCUT2D eigenvalue weighted by molar-refractivity contribution is -0.384. The molecule has 0 saturated heterocycles. The normalized spacial score (nSPS) is 13.1. The highest BCUT2D eigenvalue weighted by molar-refractivity contribution is 5.81. The summed E-state index contributed by atoms with van der Waals surface area (Å²) in [7, 11) is 0. The van der Waals surface area contributed by atoms with Crippen LogP contribution in [0.5, 0.6) is 0 Å². The van der Waals surface area contributed by atoms with E-state index in [1.807, 2.05) is 44.2 Å². The number of rotatable bonds is 7. The fourth-order valence-corrected chi connectivity index (χ4v) is 2.52. The van der Waals surface area contributed by atoms with Crippen LogP contribution in [0.1, 0.15) is 31.9 Å². The van der Waals surface area contributed by atoms with Crippen molar-refractivity contribution in [3.8, 4) is 0 Å². The van der Waals surface area contributed by atoms with E-state index >= 15 is 0 Å². The Labute approximate surface area is 135 Å². The van der Waals surface area contributed by atoms with Gasteiger partial charge in [-0.15, -0.1) is 0 Å². The first kappa shape index (κ1) is 16.7. The van der Waals surface area contributed by atoms with Crippen molar-refractivity contribution in [1.29, 1.82) is 0 Å². The zero-order valence-electron chi connectivity index (χ0n) is 13.2. The fraction of sp³-hybridized carbons (Fsp3) is 0.278. The molecule has 0 saturated carbocycles. The van der Waals surface area contributed by atoms with Gasteiger partial charge >= 0.3 is 0 Å². The monoisotopic (exact) mass is 312 g/mol. The summed E-state index contributed by atoms with van der Waals surface area (Å²) in [6.07, 6.45) is 0.459. The number of non-ortho nitro benzene ring substituents is 1. The first-order valence-corrected chi connectivity index (χ1v) is 7.61. The molecule has 0 spiro atoms. The van der Waals surface area contributed by atoms with Crippen molar-refractivity contribution in [3.05, 3.63) is 70.3 Å². The van der Waals surface area contributed by atoms with Gasteiger partial charge in [0.1, 0.15) is 5.78 Å². The maximum absolute atomic E-state index is 12.1. The molecule has 23 heavy (non-hydrogen) atoms. The summed E-state index contributed by atoms with van der Waals surface area (Å²) in [5.41, 5.74) is 1.81. The number of Topliss-reactive ketones (excluding diaryl/α,β-unsaturated/α-hetero) is 1. The first-order chi connectivity index (χ1) is 11.0. The molecular formula is C18H20N2O3. The highest BCUT2D eigenvalue weighted by Gasteiger charge is 2.24. The van der Waals surface area contributed by atoms with Crippen LogP contribution >= 0.6 is 0 Å². The van der Waals surface area contributed by atoms with Crippen LogP contribution in [0.15, 0.2) is 54.6 Å². The number of benzene rings is 2. The molecule has 0 radical (unpaired) electrons. The van der Waals surface area contributed by atoms with Crippen LogP contribution in [0.3, 0.4) is 0 Å². The van der Waals surface area contributed by atoms with Crippen molar-refractivity contribution in [3.63, 3.8) is 0 Å². The number of carbonyl (C=O) groups excluding carboxylic acids is 1. The quantitative estimate of drug-likeness (QED) is 0.609. The van der Waals surface area contributed by atoms with E-state index in [0.29, 0.717) is 6.42 Å². The number of nitro benzene ring substituents is 1. The maximum atomic E-state index is 12.1. The van der Waals surface area contributed by atoms with Crippen LogP contribution in [0.4, 0.5) is 11.4 Å². The van der Waals surface area contributed by atoms with Crippen molar-refractivity contribution in [2.24, 2.45) is 5.92 Å². The molecule has 0 unspecified atom stereocenters. The second-order valence-corrected chi connectivity index (χ2v) is 5.45. The van der Waals surface area contributed by atoms with E-state index in [1.54, 1.807) is 12.1 Å². The number of ketones is 1. The molecule has 120 valence electrons. The molecule has 1 N–H and O–H groups in total. The minimum Gasteiger partial charge on any atom is -0.378 e. The molecule has 2 rings (SSSR count). The van der Waals surface area contributed by atoms with Crippen molar-refractivity contribution in [2.45, 2.75) is 26.3 Å².